The molecule has 1 aliphatic heterocycles. The monoisotopic (exact) mass is 160 g/mol. The van der Waals surface area contributed by atoms with E-state index in [1.54, 1.807) is 7.11 Å². The molecule has 1 saturated heterocycles. The summed E-state index contributed by atoms with van der Waals surface area (Å²) in [6.45, 7) is 2.97. The Hall–Kier alpha value is 0.270. The smallest absolute Gasteiger partial charge is 0.0473 e. The highest BCUT2D eigenvalue weighted by molar-refractivity contribution is 8.00. The highest BCUT2D eigenvalue weighted by Crippen LogP contribution is 2.16. The molecule has 1 aliphatic rings. The quantitative estimate of drug-likeness (QED) is 0.608. The highest BCUT2D eigenvalue weighted by Gasteiger charge is 2.12. The SMILES string of the molecule is COCCC1C[N]CCS1. The molecule has 1 unspecified atom stereocenters. The van der Waals surface area contributed by atoms with Crippen LogP contribution >= 0.6 is 11.8 Å². The average Bonchev–Trinajstić information content (AvgIpc) is 2.03. The summed E-state index contributed by atoms with van der Waals surface area (Å²) in [6.07, 6.45) is 1.16. The molecule has 0 aromatic rings. The summed E-state index contributed by atoms with van der Waals surface area (Å²) in [6, 6.07) is 0. The molecule has 0 aromatic heterocycles. The van der Waals surface area contributed by atoms with Crippen molar-refractivity contribution in [1.29, 1.82) is 0 Å². The summed E-state index contributed by atoms with van der Waals surface area (Å²) < 4.78 is 4.99. The molecule has 1 heterocycles. The first-order valence-corrected chi connectivity index (χ1v) is 4.72. The van der Waals surface area contributed by atoms with Gasteiger partial charge in [0.05, 0.1) is 0 Å². The van der Waals surface area contributed by atoms with Gasteiger partial charge in [0, 0.05) is 37.8 Å². The van der Waals surface area contributed by atoms with Crippen molar-refractivity contribution >= 4 is 11.8 Å². The van der Waals surface area contributed by atoms with Crippen molar-refractivity contribution in [3.63, 3.8) is 0 Å². The normalized spacial score (nSPS) is 26.7. The fourth-order valence-corrected chi connectivity index (χ4v) is 2.04. The standard InChI is InChI=1S/C7H14NOS/c1-9-4-2-7-6-8-3-5-10-7/h7H,2-6H2,1H3. The van der Waals surface area contributed by atoms with Crippen LogP contribution in [0.5, 0.6) is 0 Å². The molecule has 0 amide bonds. The van der Waals surface area contributed by atoms with Gasteiger partial charge >= 0.3 is 0 Å². The average molecular weight is 160 g/mol. The van der Waals surface area contributed by atoms with Crippen molar-refractivity contribution in [2.45, 2.75) is 11.7 Å². The maximum atomic E-state index is 4.99. The maximum absolute atomic E-state index is 4.99. The van der Waals surface area contributed by atoms with Gasteiger partial charge in [-0.2, -0.15) is 11.8 Å². The van der Waals surface area contributed by atoms with E-state index in [2.05, 4.69) is 5.32 Å². The Balaban J connectivity index is 2.02. The van der Waals surface area contributed by atoms with Gasteiger partial charge in [0.1, 0.15) is 0 Å². The van der Waals surface area contributed by atoms with Gasteiger partial charge in [-0.3, -0.25) is 0 Å². The second-order valence-corrected chi connectivity index (χ2v) is 3.81. The zero-order valence-corrected chi connectivity index (χ0v) is 7.19. The van der Waals surface area contributed by atoms with Crippen LogP contribution in [0.3, 0.4) is 0 Å². The van der Waals surface area contributed by atoms with E-state index >= 15 is 0 Å². The Bertz CT molecular complexity index is 83.7. The lowest BCUT2D eigenvalue weighted by atomic mass is 10.3. The van der Waals surface area contributed by atoms with Crippen LogP contribution in [0.25, 0.3) is 0 Å². The van der Waals surface area contributed by atoms with Crippen molar-refractivity contribution in [2.24, 2.45) is 0 Å². The topological polar surface area (TPSA) is 23.3 Å². The van der Waals surface area contributed by atoms with Gasteiger partial charge in [0.15, 0.2) is 0 Å². The summed E-state index contributed by atoms with van der Waals surface area (Å²) in [4.78, 5) is 0. The molecule has 1 fully saturated rings. The first-order chi connectivity index (χ1) is 4.93. The van der Waals surface area contributed by atoms with Crippen molar-refractivity contribution in [2.75, 3.05) is 32.6 Å². The predicted octanol–water partition coefficient (Wildman–Crippen LogP) is 0.743. The number of hydrogen-bond acceptors (Lipinski definition) is 2. The number of thioether (sulfide) groups is 1. The Morgan fingerprint density at radius 3 is 3.20 bits per heavy atom. The number of methoxy groups -OCH3 is 1. The summed E-state index contributed by atoms with van der Waals surface area (Å²) in [5.74, 6) is 1.20. The molecular weight excluding hydrogens is 146 g/mol. The van der Waals surface area contributed by atoms with E-state index in [1.807, 2.05) is 11.8 Å². The van der Waals surface area contributed by atoms with Crippen molar-refractivity contribution in [3.8, 4) is 0 Å². The van der Waals surface area contributed by atoms with E-state index in [4.69, 9.17) is 4.74 Å². The third-order valence-corrected chi connectivity index (χ3v) is 2.85. The molecule has 2 nitrogen and oxygen atoms in total. The van der Waals surface area contributed by atoms with Gasteiger partial charge in [-0.15, -0.1) is 0 Å². The summed E-state index contributed by atoms with van der Waals surface area (Å²) in [5.41, 5.74) is 0. The van der Waals surface area contributed by atoms with Crippen LogP contribution in [0.15, 0.2) is 0 Å². The van der Waals surface area contributed by atoms with Gasteiger partial charge in [-0.05, 0) is 6.42 Å². The van der Waals surface area contributed by atoms with Gasteiger partial charge in [0.25, 0.3) is 0 Å². The number of ether oxygens (including phenoxy) is 1. The highest BCUT2D eigenvalue weighted by atomic mass is 32.2. The molecule has 0 N–H and O–H groups in total. The lowest BCUT2D eigenvalue weighted by molar-refractivity contribution is 0.193. The molecule has 1 radical (unpaired) electrons. The molecule has 59 valence electrons. The number of hydrogen-bond donors (Lipinski definition) is 0. The van der Waals surface area contributed by atoms with Crippen LogP contribution < -0.4 is 5.32 Å². The van der Waals surface area contributed by atoms with Crippen LogP contribution in [0, 0.1) is 0 Å². The fraction of sp³-hybridized carbons (Fsp3) is 1.00. The maximum Gasteiger partial charge on any atom is 0.0473 e. The van der Waals surface area contributed by atoms with Gasteiger partial charge in [-0.25, -0.2) is 5.32 Å². The van der Waals surface area contributed by atoms with E-state index < -0.39 is 0 Å². The van der Waals surface area contributed by atoms with Crippen LogP contribution in [-0.4, -0.2) is 37.8 Å². The molecule has 0 bridgehead atoms. The van der Waals surface area contributed by atoms with Gasteiger partial charge in [0.2, 0.25) is 0 Å². The zero-order chi connectivity index (χ0) is 7.23. The third-order valence-electron chi connectivity index (χ3n) is 1.58. The van der Waals surface area contributed by atoms with Crippen LogP contribution in [-0.2, 0) is 4.74 Å². The van der Waals surface area contributed by atoms with E-state index in [0.717, 1.165) is 31.4 Å². The number of nitrogens with zero attached hydrogens (tertiary/aromatic N) is 1. The van der Waals surface area contributed by atoms with E-state index in [1.165, 1.54) is 5.75 Å². The first-order valence-electron chi connectivity index (χ1n) is 3.67. The lowest BCUT2D eigenvalue weighted by Crippen LogP contribution is -2.28. The Labute approximate surface area is 66.7 Å². The summed E-state index contributed by atoms with van der Waals surface area (Å²) in [5, 5.41) is 5.07. The Morgan fingerprint density at radius 1 is 1.70 bits per heavy atom. The van der Waals surface area contributed by atoms with Crippen molar-refractivity contribution in [1.82, 2.24) is 5.32 Å². The molecule has 1 atom stereocenters. The molecule has 1 rings (SSSR count). The fourth-order valence-electron chi connectivity index (χ4n) is 0.996. The molecule has 0 spiro atoms. The minimum atomic E-state index is 0.730. The third kappa shape index (κ3) is 2.90. The zero-order valence-electron chi connectivity index (χ0n) is 6.38. The summed E-state index contributed by atoms with van der Waals surface area (Å²) in [7, 11) is 1.75. The summed E-state index contributed by atoms with van der Waals surface area (Å²) >= 11 is 2.03. The molecule has 0 saturated carbocycles. The second kappa shape index (κ2) is 4.99. The predicted molar refractivity (Wildman–Crippen MR) is 44.6 cm³/mol. The van der Waals surface area contributed by atoms with Gasteiger partial charge < -0.3 is 4.74 Å². The molecule has 10 heavy (non-hydrogen) atoms. The van der Waals surface area contributed by atoms with E-state index in [0.29, 0.717) is 0 Å². The van der Waals surface area contributed by atoms with Crippen LogP contribution in [0.1, 0.15) is 6.42 Å². The molecule has 0 aromatic carbocycles. The van der Waals surface area contributed by atoms with Crippen LogP contribution in [0.4, 0.5) is 0 Å². The van der Waals surface area contributed by atoms with E-state index in [-0.39, 0.29) is 0 Å². The minimum Gasteiger partial charge on any atom is -0.385 e. The van der Waals surface area contributed by atoms with E-state index in [9.17, 15) is 0 Å². The van der Waals surface area contributed by atoms with Crippen LogP contribution in [0.2, 0.25) is 0 Å². The molecular formula is C7H14NOS. The largest absolute Gasteiger partial charge is 0.385 e. The molecule has 0 aliphatic carbocycles. The minimum absolute atomic E-state index is 0.730. The molecule has 3 heteroatoms. The Kier molecular flexibility index (Phi) is 4.18. The second-order valence-electron chi connectivity index (χ2n) is 2.40. The van der Waals surface area contributed by atoms with Gasteiger partial charge in [-0.1, -0.05) is 0 Å². The van der Waals surface area contributed by atoms with Crippen molar-refractivity contribution in [3.05, 3.63) is 0 Å². The first kappa shape index (κ1) is 8.37. The number of rotatable bonds is 3. The Morgan fingerprint density at radius 2 is 2.60 bits per heavy atom. The van der Waals surface area contributed by atoms with Crippen molar-refractivity contribution < 1.29 is 4.74 Å². The lowest BCUT2D eigenvalue weighted by Gasteiger charge is -2.20.